The van der Waals surface area contributed by atoms with Gasteiger partial charge in [0, 0.05) is 121 Å². The van der Waals surface area contributed by atoms with Gasteiger partial charge in [0.15, 0.2) is 0 Å². The monoisotopic (exact) mass is 1790 g/mol. The van der Waals surface area contributed by atoms with E-state index in [1.165, 1.54) is 137 Å². The summed E-state index contributed by atoms with van der Waals surface area (Å²) in [4.78, 5) is 34.9. The Morgan fingerprint density at radius 2 is 0.523 bits per heavy atom. The van der Waals surface area contributed by atoms with Gasteiger partial charge in [-0.2, -0.15) is 0 Å². The molecule has 5 aromatic heterocycles. The number of allylic oxidation sites excluding steroid dienone is 3. The maximum atomic E-state index is 11.2. The van der Waals surface area contributed by atoms with Crippen molar-refractivity contribution in [3.8, 4) is 0 Å². The maximum absolute atomic E-state index is 11.2. The van der Waals surface area contributed by atoms with Crippen LogP contribution in [0, 0.1) is 93.8 Å². The normalized spacial score (nSPS) is 28.2. The molecule has 0 aliphatic carbocycles. The molecular formula is C117H162N10O5. The number of pyridine rings is 5. The van der Waals surface area contributed by atoms with E-state index in [9.17, 15) is 25.5 Å². The minimum atomic E-state index is -0.448. The standard InChI is InChI=1S/2C22H30N2O.C21H28N2O.2C20H24N2O.C3H8.3C3H6/c2*1-3-4-5-17-14-24-11-9-16(17)13-21(24)22(25)18-8-10-23-20-7-6-15(2)12-19(18)20;1-3-4-16-13-23-10-8-15(16)12-20(23)21(24)17-7-9-22-19-6-5-14(2)11-18(17)19;2*1-3-14-12-22-9-7-15(14)11-19(22)20(23)16-6-8-21-18-5-4-13(2)10-17(16)18;4*1-3-2/h2*6-8,10,12,16-17,21-22,25H,3-5,9,11,13-14H2,1-2H3;5-7,9,11,15-16,20-21,24H,3-4,8,10,12-13H2,1-2H3;2*3-6,8,10,14-15,19-20,23H,1,7,9,11-12H2,2H3;3H2,1-2H3;3*3H,1H2,2H3/t2*16?,17?,21?,22-;15?,16?,20?,21-;2*14?,15?,19?,20-;;;;/m00000..../s1. The van der Waals surface area contributed by atoms with E-state index in [2.05, 4.69) is 243 Å². The molecule has 25 atom stereocenters. The van der Waals surface area contributed by atoms with E-state index in [0.717, 1.165) is 196 Å². The molecule has 5 aromatic carbocycles. The van der Waals surface area contributed by atoms with Crippen LogP contribution in [0.2, 0.25) is 0 Å². The van der Waals surface area contributed by atoms with Crippen molar-refractivity contribution in [1.29, 1.82) is 0 Å². The van der Waals surface area contributed by atoms with E-state index in [1.54, 1.807) is 18.2 Å². The lowest BCUT2D eigenvalue weighted by atomic mass is 9.72. The maximum Gasteiger partial charge on any atom is 0.0952 e. The Hall–Kier alpha value is -8.55. The number of aliphatic hydroxyl groups is 5. The highest BCUT2D eigenvalue weighted by molar-refractivity contribution is 5.86. The predicted octanol–water partition coefficient (Wildman–Crippen LogP) is 25.0. The van der Waals surface area contributed by atoms with Crippen molar-refractivity contribution in [2.24, 2.45) is 59.2 Å². The Bertz CT molecular complexity index is 5100. The highest BCUT2D eigenvalue weighted by Gasteiger charge is 2.48. The molecule has 0 amide bonds. The van der Waals surface area contributed by atoms with Gasteiger partial charge in [-0.05, 0) is 350 Å². The highest BCUT2D eigenvalue weighted by atomic mass is 16.3. The molecule has 15 aliphatic heterocycles. The summed E-state index contributed by atoms with van der Waals surface area (Å²) in [5.74, 6) is 7.43. The van der Waals surface area contributed by atoms with E-state index in [-0.39, 0.29) is 30.2 Å². The molecule has 15 aliphatic rings. The number of aryl methyl sites for hydroxylation is 5. The van der Waals surface area contributed by atoms with Crippen LogP contribution in [0.15, 0.2) is 216 Å². The van der Waals surface area contributed by atoms with Crippen molar-refractivity contribution in [1.82, 2.24) is 49.4 Å². The van der Waals surface area contributed by atoms with Gasteiger partial charge in [-0.1, -0.05) is 162 Å². The van der Waals surface area contributed by atoms with Crippen molar-refractivity contribution in [3.05, 3.63) is 271 Å². The third-order valence-electron chi connectivity index (χ3n) is 30.7. The summed E-state index contributed by atoms with van der Waals surface area (Å²) < 4.78 is 0. The Balaban J connectivity index is 0.000000144. The summed E-state index contributed by atoms with van der Waals surface area (Å²) in [7, 11) is 0. The van der Waals surface area contributed by atoms with Crippen molar-refractivity contribution < 1.29 is 25.5 Å². The number of hydrogen-bond acceptors (Lipinski definition) is 15. The highest BCUT2D eigenvalue weighted by Crippen LogP contribution is 2.49. The number of aromatic nitrogens is 5. The third-order valence-corrected chi connectivity index (χ3v) is 30.7. The van der Waals surface area contributed by atoms with Crippen LogP contribution in [-0.4, -0.2) is 171 Å². The lowest BCUT2D eigenvalue weighted by Gasteiger charge is -2.51. The van der Waals surface area contributed by atoms with Gasteiger partial charge < -0.3 is 25.5 Å². The van der Waals surface area contributed by atoms with Crippen LogP contribution in [0.25, 0.3) is 54.5 Å². The Morgan fingerprint density at radius 3 is 0.712 bits per heavy atom. The summed E-state index contributed by atoms with van der Waals surface area (Å²) in [5, 5.41) is 61.4. The van der Waals surface area contributed by atoms with E-state index in [4.69, 9.17) is 0 Å². The van der Waals surface area contributed by atoms with Gasteiger partial charge in [-0.15, -0.1) is 32.9 Å². The van der Waals surface area contributed by atoms with Gasteiger partial charge in [-0.3, -0.25) is 49.4 Å². The van der Waals surface area contributed by atoms with Gasteiger partial charge in [0.05, 0.1) is 58.1 Å². The molecule has 15 heteroatoms. The topological polar surface area (TPSA) is 182 Å². The molecule has 15 saturated heterocycles. The summed E-state index contributed by atoms with van der Waals surface area (Å²) in [5.41, 5.74) is 16.1. The number of benzene rings is 5. The second-order valence-electron chi connectivity index (χ2n) is 40.1. The number of rotatable bonds is 20. The quantitative estimate of drug-likeness (QED) is 0.0454. The second kappa shape index (κ2) is 49.8. The van der Waals surface area contributed by atoms with Crippen LogP contribution < -0.4 is 0 Å². The molecule has 0 saturated carbocycles. The first-order chi connectivity index (χ1) is 64.0. The summed E-state index contributed by atoms with van der Waals surface area (Å²) >= 11 is 0. The van der Waals surface area contributed by atoms with Crippen LogP contribution in [0.1, 0.15) is 264 Å². The molecule has 15 fully saturated rings. The average molecular weight is 1790 g/mol. The van der Waals surface area contributed by atoms with Crippen LogP contribution >= 0.6 is 0 Å². The van der Waals surface area contributed by atoms with Gasteiger partial charge in [-0.25, -0.2) is 0 Å². The zero-order chi connectivity index (χ0) is 94.2. The smallest absolute Gasteiger partial charge is 0.0952 e. The lowest BCUT2D eigenvalue weighted by molar-refractivity contribution is -0.0577. The zero-order valence-corrected chi connectivity index (χ0v) is 82.6. The fraction of sp³-hybridized carbons (Fsp3) is 0.530. The summed E-state index contributed by atoms with van der Waals surface area (Å²) in [6.07, 6.45) is 40.3. The molecule has 20 unspecified atom stereocenters. The molecule has 15 nitrogen and oxygen atoms in total. The molecule has 5 N–H and O–H groups in total. The van der Waals surface area contributed by atoms with Crippen molar-refractivity contribution in [2.75, 3.05) is 65.4 Å². The first-order valence-electron chi connectivity index (χ1n) is 50.8. The number of piperidine rings is 15. The fourth-order valence-electron chi connectivity index (χ4n) is 24.0. The molecule has 132 heavy (non-hydrogen) atoms. The second-order valence-corrected chi connectivity index (χ2v) is 40.1. The molecule has 20 heterocycles. The molecule has 25 rings (SSSR count). The van der Waals surface area contributed by atoms with Crippen LogP contribution in [0.3, 0.4) is 0 Å². The first-order valence-corrected chi connectivity index (χ1v) is 50.8. The number of unbranched alkanes of at least 4 members (excludes halogenated alkanes) is 2. The van der Waals surface area contributed by atoms with Crippen molar-refractivity contribution >= 4 is 54.5 Å². The van der Waals surface area contributed by atoms with E-state index in [1.807, 2.05) is 94.2 Å². The third kappa shape index (κ3) is 24.8. The molecule has 0 spiro atoms. The summed E-state index contributed by atoms with van der Waals surface area (Å²) in [6.45, 7) is 56.5. The number of hydrogen-bond donors (Lipinski definition) is 5. The first kappa shape index (κ1) is 102. The lowest BCUT2D eigenvalue weighted by Crippen LogP contribution is -2.55. The Morgan fingerprint density at radius 1 is 0.311 bits per heavy atom. The van der Waals surface area contributed by atoms with E-state index in [0.29, 0.717) is 23.7 Å². The predicted molar refractivity (Wildman–Crippen MR) is 553 cm³/mol. The molecule has 10 bridgehead atoms. The molecule has 10 aromatic rings. The zero-order valence-electron chi connectivity index (χ0n) is 82.6. The van der Waals surface area contributed by atoms with Gasteiger partial charge in [0.2, 0.25) is 0 Å². The van der Waals surface area contributed by atoms with Crippen molar-refractivity contribution in [2.45, 2.75) is 273 Å². The van der Waals surface area contributed by atoms with Gasteiger partial charge in [0.1, 0.15) is 0 Å². The van der Waals surface area contributed by atoms with Crippen molar-refractivity contribution in [3.63, 3.8) is 0 Å². The Kier molecular flexibility index (Phi) is 38.6. The SMILES string of the molecule is C=CC.C=CC.C=CC.C=CC1CN2CCC1CC2[C@@H](O)c1ccnc2ccc(C)cc12.C=CC1CN2CCC1CC2[C@@H](O)c1ccnc2ccc(C)cc12.CCC.CCCC1CN2CCC1CC2[C@@H](O)c1ccnc2ccc(C)cc12.CCCCC1CN2CCC1CC2[C@@H](O)c1ccnc2ccc(C)cc12.CCCCC1CN2CCC1CC2[C@@H](O)c1ccnc2ccc(C)cc12. The van der Waals surface area contributed by atoms with E-state index >= 15 is 0 Å². The molecular weight excluding hydrogens is 1630 g/mol. The molecule has 0 radical (unpaired) electrons. The van der Waals surface area contributed by atoms with E-state index < -0.39 is 30.5 Å². The minimum absolute atomic E-state index is 0.219. The van der Waals surface area contributed by atoms with Gasteiger partial charge in [0.25, 0.3) is 0 Å². The minimum Gasteiger partial charge on any atom is -0.387 e. The number of aliphatic hydroxyl groups excluding tert-OH is 5. The van der Waals surface area contributed by atoms with Crippen LogP contribution in [0.5, 0.6) is 0 Å². The molecule has 710 valence electrons. The number of nitrogens with zero attached hydrogens (tertiary/aromatic N) is 10. The fourth-order valence-corrected chi connectivity index (χ4v) is 24.0. The number of fused-ring (bicyclic) bond motifs is 20. The van der Waals surface area contributed by atoms with Crippen LogP contribution in [0.4, 0.5) is 0 Å². The average Bonchev–Trinajstić information content (AvgIpc) is 0.782. The van der Waals surface area contributed by atoms with Crippen LogP contribution in [-0.2, 0) is 0 Å². The largest absolute Gasteiger partial charge is 0.387 e. The Labute approximate surface area is 793 Å². The van der Waals surface area contributed by atoms with Gasteiger partial charge >= 0.3 is 0 Å². The summed E-state index contributed by atoms with van der Waals surface area (Å²) in [6, 6.07) is 42.8.